The normalized spacial score (nSPS) is 10.9. The van der Waals surface area contributed by atoms with Gasteiger partial charge in [0.05, 0.1) is 12.8 Å². The van der Waals surface area contributed by atoms with Gasteiger partial charge >= 0.3 is 0 Å². The number of ether oxygens (including phenoxy) is 1. The summed E-state index contributed by atoms with van der Waals surface area (Å²) in [6.07, 6.45) is 2.60. The van der Waals surface area contributed by atoms with Gasteiger partial charge in [0, 0.05) is 24.3 Å². The molecule has 3 aromatic rings. The van der Waals surface area contributed by atoms with Crippen molar-refractivity contribution >= 4 is 12.0 Å². The zero-order valence-electron chi connectivity index (χ0n) is 15.2. The van der Waals surface area contributed by atoms with E-state index in [0.717, 1.165) is 23.4 Å². The number of hydrogen-bond donors (Lipinski definition) is 1. The molecule has 0 aliphatic rings. The zero-order chi connectivity index (χ0) is 18.4. The number of methoxy groups -OCH3 is 1. The Kier molecular flexibility index (Phi) is 5.59. The molecule has 0 aliphatic carbocycles. The van der Waals surface area contributed by atoms with Gasteiger partial charge < -0.3 is 4.74 Å². The predicted molar refractivity (Wildman–Crippen MR) is 106 cm³/mol. The minimum absolute atomic E-state index is 0.651. The Morgan fingerprint density at radius 1 is 1.04 bits per heavy atom. The van der Waals surface area contributed by atoms with Gasteiger partial charge in [-0.1, -0.05) is 42.0 Å². The predicted octanol–water partition coefficient (Wildman–Crippen LogP) is 4.41. The van der Waals surface area contributed by atoms with E-state index in [-0.39, 0.29) is 0 Å². The molecular formula is C21H22N4O. The van der Waals surface area contributed by atoms with Crippen molar-refractivity contribution in [2.75, 3.05) is 12.5 Å². The van der Waals surface area contributed by atoms with Gasteiger partial charge in [0.2, 0.25) is 0 Å². The van der Waals surface area contributed by atoms with Gasteiger partial charge in [0.15, 0.2) is 0 Å². The van der Waals surface area contributed by atoms with Gasteiger partial charge in [-0.25, -0.2) is 9.97 Å². The Hall–Kier alpha value is -3.21. The molecule has 0 atom stereocenters. The zero-order valence-corrected chi connectivity index (χ0v) is 15.2. The first-order valence-electron chi connectivity index (χ1n) is 8.48. The van der Waals surface area contributed by atoms with Crippen LogP contribution in [0.5, 0.6) is 5.75 Å². The smallest absolute Gasteiger partial charge is 0.150 e. The molecular weight excluding hydrogens is 324 g/mol. The maximum Gasteiger partial charge on any atom is 0.150 e. The number of anilines is 1. The van der Waals surface area contributed by atoms with E-state index >= 15 is 0 Å². The van der Waals surface area contributed by atoms with Crippen LogP contribution >= 0.6 is 0 Å². The number of hydrogen-bond acceptors (Lipinski definition) is 5. The summed E-state index contributed by atoms with van der Waals surface area (Å²) in [5, 5.41) is 4.28. The lowest BCUT2D eigenvalue weighted by atomic mass is 10.1. The van der Waals surface area contributed by atoms with E-state index in [9.17, 15) is 0 Å². The number of para-hydroxylation sites is 1. The summed E-state index contributed by atoms with van der Waals surface area (Å²) in [5.74, 6) is 2.10. The largest absolute Gasteiger partial charge is 0.496 e. The van der Waals surface area contributed by atoms with E-state index in [1.54, 1.807) is 7.11 Å². The molecule has 0 radical (unpaired) electrons. The van der Waals surface area contributed by atoms with Gasteiger partial charge in [-0.15, -0.1) is 0 Å². The third-order valence-electron chi connectivity index (χ3n) is 3.94. The van der Waals surface area contributed by atoms with E-state index in [4.69, 9.17) is 4.74 Å². The Morgan fingerprint density at radius 3 is 2.58 bits per heavy atom. The number of nitrogens with zero attached hydrogens (tertiary/aromatic N) is 3. The van der Waals surface area contributed by atoms with Crippen molar-refractivity contribution in [1.82, 2.24) is 9.97 Å². The standard InChI is InChI=1S/C21H22N4O/c1-15-8-10-17(11-9-15)12-13-22-25-21-14-19(23-16(2)24-21)18-6-4-5-7-20(18)26-3/h4-11,13-14H,12H2,1-3H3,(H,23,24,25). The van der Waals surface area contributed by atoms with Crippen LogP contribution < -0.4 is 10.2 Å². The molecule has 0 spiro atoms. The van der Waals surface area contributed by atoms with Crippen molar-refractivity contribution in [1.29, 1.82) is 0 Å². The van der Waals surface area contributed by atoms with E-state index in [0.29, 0.717) is 11.6 Å². The number of aromatic nitrogens is 2. The summed E-state index contributed by atoms with van der Waals surface area (Å²) >= 11 is 0. The molecule has 1 heterocycles. The molecule has 0 amide bonds. The number of hydrazone groups is 1. The first kappa shape index (κ1) is 17.6. The molecule has 1 N–H and O–H groups in total. The van der Waals surface area contributed by atoms with Crippen molar-refractivity contribution in [3.8, 4) is 17.0 Å². The maximum absolute atomic E-state index is 5.42. The number of nitrogens with one attached hydrogen (secondary N) is 1. The molecule has 0 bridgehead atoms. The first-order chi connectivity index (χ1) is 12.7. The molecule has 3 rings (SSSR count). The van der Waals surface area contributed by atoms with E-state index < -0.39 is 0 Å². The van der Waals surface area contributed by atoms with Crippen LogP contribution in [-0.4, -0.2) is 23.3 Å². The van der Waals surface area contributed by atoms with Gasteiger partial charge in [0.25, 0.3) is 0 Å². The molecule has 26 heavy (non-hydrogen) atoms. The summed E-state index contributed by atoms with van der Waals surface area (Å²) in [7, 11) is 1.65. The second kappa shape index (κ2) is 8.25. The summed E-state index contributed by atoms with van der Waals surface area (Å²) in [4.78, 5) is 8.91. The Morgan fingerprint density at radius 2 is 1.81 bits per heavy atom. The minimum Gasteiger partial charge on any atom is -0.496 e. The Bertz CT molecular complexity index is 904. The monoisotopic (exact) mass is 346 g/mol. The first-order valence-corrected chi connectivity index (χ1v) is 8.48. The Balaban J connectivity index is 1.73. The molecule has 0 saturated heterocycles. The SMILES string of the molecule is COc1ccccc1-c1cc(NN=CCc2ccc(C)cc2)nc(C)n1. The highest BCUT2D eigenvalue weighted by Crippen LogP contribution is 2.29. The van der Waals surface area contributed by atoms with Crippen LogP contribution in [0.1, 0.15) is 17.0 Å². The van der Waals surface area contributed by atoms with Crippen molar-refractivity contribution in [3.05, 3.63) is 71.5 Å². The highest BCUT2D eigenvalue weighted by molar-refractivity contribution is 5.69. The lowest BCUT2D eigenvalue weighted by Gasteiger charge is -2.09. The molecule has 5 nitrogen and oxygen atoms in total. The lowest BCUT2D eigenvalue weighted by Crippen LogP contribution is -2.00. The molecule has 0 saturated carbocycles. The highest BCUT2D eigenvalue weighted by Gasteiger charge is 2.09. The van der Waals surface area contributed by atoms with E-state index in [2.05, 4.69) is 51.7 Å². The fraction of sp³-hybridized carbons (Fsp3) is 0.190. The number of aryl methyl sites for hydroxylation is 2. The Labute approximate surface area is 153 Å². The van der Waals surface area contributed by atoms with E-state index in [1.807, 2.05) is 43.5 Å². The summed E-state index contributed by atoms with van der Waals surface area (Å²) in [6.45, 7) is 3.94. The van der Waals surface area contributed by atoms with Crippen molar-refractivity contribution in [2.24, 2.45) is 5.10 Å². The summed E-state index contributed by atoms with van der Waals surface area (Å²) < 4.78 is 5.42. The second-order valence-corrected chi connectivity index (χ2v) is 6.00. The fourth-order valence-electron chi connectivity index (χ4n) is 2.61. The summed E-state index contributed by atoms with van der Waals surface area (Å²) in [6, 6.07) is 18.1. The van der Waals surface area contributed by atoms with Crippen molar-refractivity contribution in [2.45, 2.75) is 20.3 Å². The molecule has 1 aromatic heterocycles. The molecule has 0 unspecified atom stereocenters. The van der Waals surface area contributed by atoms with Crippen LogP contribution in [0.4, 0.5) is 5.82 Å². The van der Waals surface area contributed by atoms with Gasteiger partial charge in [-0.2, -0.15) is 5.10 Å². The third kappa shape index (κ3) is 4.45. The minimum atomic E-state index is 0.651. The molecule has 2 aromatic carbocycles. The molecule has 0 fully saturated rings. The highest BCUT2D eigenvalue weighted by atomic mass is 16.5. The second-order valence-electron chi connectivity index (χ2n) is 6.00. The van der Waals surface area contributed by atoms with Gasteiger partial charge in [-0.3, -0.25) is 5.43 Å². The summed E-state index contributed by atoms with van der Waals surface area (Å²) in [5.41, 5.74) is 7.18. The van der Waals surface area contributed by atoms with E-state index in [1.165, 1.54) is 11.1 Å². The van der Waals surface area contributed by atoms with Crippen molar-refractivity contribution < 1.29 is 4.74 Å². The van der Waals surface area contributed by atoms with Crippen LogP contribution in [-0.2, 0) is 6.42 Å². The third-order valence-corrected chi connectivity index (χ3v) is 3.94. The van der Waals surface area contributed by atoms with Crippen LogP contribution in [0.15, 0.2) is 59.7 Å². The molecule has 5 heteroatoms. The topological polar surface area (TPSA) is 59.4 Å². The maximum atomic E-state index is 5.42. The van der Waals surface area contributed by atoms with Crippen LogP contribution in [0.25, 0.3) is 11.3 Å². The van der Waals surface area contributed by atoms with Crippen LogP contribution in [0, 0.1) is 13.8 Å². The number of benzene rings is 2. The van der Waals surface area contributed by atoms with Crippen LogP contribution in [0.2, 0.25) is 0 Å². The lowest BCUT2D eigenvalue weighted by molar-refractivity contribution is 0.416. The average molecular weight is 346 g/mol. The fourth-order valence-corrected chi connectivity index (χ4v) is 2.61. The average Bonchev–Trinajstić information content (AvgIpc) is 2.66. The van der Waals surface area contributed by atoms with Crippen LogP contribution in [0.3, 0.4) is 0 Å². The molecule has 0 aliphatic heterocycles. The van der Waals surface area contributed by atoms with Gasteiger partial charge in [0.1, 0.15) is 17.4 Å². The van der Waals surface area contributed by atoms with Gasteiger partial charge in [-0.05, 0) is 31.5 Å². The van der Waals surface area contributed by atoms with Crippen molar-refractivity contribution in [3.63, 3.8) is 0 Å². The molecule has 132 valence electrons. The quantitative estimate of drug-likeness (QED) is 0.530. The number of rotatable bonds is 6.